The van der Waals surface area contributed by atoms with Crippen molar-refractivity contribution >= 4 is 0 Å². The van der Waals surface area contributed by atoms with Gasteiger partial charge in [-0.1, -0.05) is 12.1 Å². The van der Waals surface area contributed by atoms with Gasteiger partial charge in [0.25, 0.3) is 0 Å². The van der Waals surface area contributed by atoms with E-state index < -0.39 is 17.2 Å². The average Bonchev–Trinajstić information content (AvgIpc) is 2.81. The molecule has 0 bridgehead atoms. The molecular formula is C11H11F2NO2. The number of hydrogen-bond acceptors (Lipinski definition) is 3. The maximum atomic E-state index is 13.8. The monoisotopic (exact) mass is 227 g/mol. The summed E-state index contributed by atoms with van der Waals surface area (Å²) in [5, 5.41) is 0. The minimum Gasteiger partial charge on any atom is -0.379 e. The third-order valence-electron chi connectivity index (χ3n) is 3.32. The zero-order chi connectivity index (χ0) is 11.2. The van der Waals surface area contributed by atoms with Gasteiger partial charge in [-0.15, -0.1) is 0 Å². The van der Waals surface area contributed by atoms with Crippen LogP contribution in [0.2, 0.25) is 0 Å². The molecule has 86 valence electrons. The maximum absolute atomic E-state index is 13.8. The fraction of sp³-hybridized carbons (Fsp3) is 0.455. The van der Waals surface area contributed by atoms with E-state index in [4.69, 9.17) is 9.57 Å². The third kappa shape index (κ3) is 1.22. The summed E-state index contributed by atoms with van der Waals surface area (Å²) >= 11 is 0. The molecule has 3 nitrogen and oxygen atoms in total. The predicted octanol–water partition coefficient (Wildman–Crippen LogP) is 1.34. The van der Waals surface area contributed by atoms with Gasteiger partial charge in [-0.05, 0) is 6.07 Å². The van der Waals surface area contributed by atoms with Crippen LogP contribution >= 0.6 is 0 Å². The zero-order valence-corrected chi connectivity index (χ0v) is 8.50. The Morgan fingerprint density at radius 2 is 2.19 bits per heavy atom. The Hall–Kier alpha value is -1.04. The van der Waals surface area contributed by atoms with Crippen molar-refractivity contribution in [3.63, 3.8) is 0 Å². The molecule has 2 saturated heterocycles. The second kappa shape index (κ2) is 3.48. The zero-order valence-electron chi connectivity index (χ0n) is 8.50. The molecule has 0 saturated carbocycles. The van der Waals surface area contributed by atoms with E-state index in [1.807, 2.05) is 0 Å². The van der Waals surface area contributed by atoms with Gasteiger partial charge in [0.05, 0.1) is 19.8 Å². The van der Waals surface area contributed by atoms with E-state index in [0.29, 0.717) is 19.8 Å². The quantitative estimate of drug-likeness (QED) is 0.785. The van der Waals surface area contributed by atoms with Gasteiger partial charge in [-0.2, -0.15) is 5.48 Å². The first kappa shape index (κ1) is 10.1. The molecule has 2 aliphatic rings. The summed E-state index contributed by atoms with van der Waals surface area (Å²) < 4.78 is 32.3. The van der Waals surface area contributed by atoms with Crippen LogP contribution in [0.3, 0.4) is 0 Å². The second-order valence-electron chi connectivity index (χ2n) is 4.20. The van der Waals surface area contributed by atoms with Crippen LogP contribution in [0.1, 0.15) is 5.56 Å². The molecule has 0 amide bonds. The van der Waals surface area contributed by atoms with E-state index in [1.54, 1.807) is 6.07 Å². The lowest BCUT2D eigenvalue weighted by molar-refractivity contribution is 0.0240. The Bertz CT molecular complexity index is 414. The van der Waals surface area contributed by atoms with Gasteiger partial charge in [-0.25, -0.2) is 8.78 Å². The van der Waals surface area contributed by atoms with Crippen molar-refractivity contribution in [3.05, 3.63) is 35.4 Å². The fourth-order valence-electron chi connectivity index (χ4n) is 2.40. The number of hydroxylamine groups is 1. The largest absolute Gasteiger partial charge is 0.379 e. The molecule has 1 aromatic carbocycles. The van der Waals surface area contributed by atoms with Gasteiger partial charge in [0.1, 0.15) is 5.54 Å². The molecule has 0 unspecified atom stereocenters. The van der Waals surface area contributed by atoms with Gasteiger partial charge in [0.2, 0.25) is 0 Å². The van der Waals surface area contributed by atoms with Crippen LogP contribution in [0, 0.1) is 17.6 Å². The lowest BCUT2D eigenvalue weighted by Crippen LogP contribution is -2.42. The Morgan fingerprint density at radius 3 is 3.06 bits per heavy atom. The van der Waals surface area contributed by atoms with Crippen LogP contribution in [0.4, 0.5) is 8.78 Å². The molecule has 0 aromatic heterocycles. The number of hydrogen-bond donors (Lipinski definition) is 1. The summed E-state index contributed by atoms with van der Waals surface area (Å²) in [7, 11) is 0. The van der Waals surface area contributed by atoms with Crippen LogP contribution in [0.15, 0.2) is 18.2 Å². The van der Waals surface area contributed by atoms with Gasteiger partial charge in [-0.3, -0.25) is 0 Å². The van der Waals surface area contributed by atoms with Crippen molar-refractivity contribution < 1.29 is 18.4 Å². The van der Waals surface area contributed by atoms with Crippen molar-refractivity contribution in [1.82, 2.24) is 5.48 Å². The Labute approximate surface area is 91.3 Å². The van der Waals surface area contributed by atoms with E-state index in [2.05, 4.69) is 5.48 Å². The number of fused-ring (bicyclic) bond motifs is 1. The molecule has 2 heterocycles. The molecule has 0 radical (unpaired) electrons. The molecule has 0 aliphatic carbocycles. The van der Waals surface area contributed by atoms with E-state index >= 15 is 0 Å². The van der Waals surface area contributed by atoms with Crippen LogP contribution in [-0.2, 0) is 15.1 Å². The summed E-state index contributed by atoms with van der Waals surface area (Å²) in [5.41, 5.74) is 2.34. The topological polar surface area (TPSA) is 30.5 Å². The van der Waals surface area contributed by atoms with E-state index in [9.17, 15) is 8.78 Å². The van der Waals surface area contributed by atoms with Gasteiger partial charge in [0.15, 0.2) is 11.6 Å². The van der Waals surface area contributed by atoms with Gasteiger partial charge in [0, 0.05) is 11.5 Å². The highest BCUT2D eigenvalue weighted by Crippen LogP contribution is 2.40. The van der Waals surface area contributed by atoms with E-state index in [0.717, 1.165) is 6.07 Å². The SMILES string of the molecule is Fc1cccc([C@]23COC[C@H]2CON3)c1F. The lowest BCUT2D eigenvalue weighted by atomic mass is 9.82. The molecule has 1 N–H and O–H groups in total. The Kier molecular flexibility index (Phi) is 2.20. The molecule has 2 fully saturated rings. The average molecular weight is 227 g/mol. The number of halogens is 2. The summed E-state index contributed by atoms with van der Waals surface area (Å²) in [6, 6.07) is 4.18. The first-order chi connectivity index (χ1) is 7.74. The van der Waals surface area contributed by atoms with Crippen molar-refractivity contribution in [3.8, 4) is 0 Å². The summed E-state index contributed by atoms with van der Waals surface area (Å²) in [6.45, 7) is 1.26. The summed E-state index contributed by atoms with van der Waals surface area (Å²) in [5.74, 6) is -1.63. The highest BCUT2D eigenvalue weighted by Gasteiger charge is 2.51. The highest BCUT2D eigenvalue weighted by atomic mass is 19.2. The van der Waals surface area contributed by atoms with E-state index in [-0.39, 0.29) is 11.5 Å². The van der Waals surface area contributed by atoms with Gasteiger partial charge < -0.3 is 9.57 Å². The molecule has 16 heavy (non-hydrogen) atoms. The molecular weight excluding hydrogens is 216 g/mol. The van der Waals surface area contributed by atoms with Crippen LogP contribution in [-0.4, -0.2) is 19.8 Å². The van der Waals surface area contributed by atoms with E-state index in [1.165, 1.54) is 6.07 Å². The summed E-state index contributed by atoms with van der Waals surface area (Å²) in [6.07, 6.45) is 0. The number of benzene rings is 1. The van der Waals surface area contributed by atoms with Crippen LogP contribution in [0.5, 0.6) is 0 Å². The first-order valence-electron chi connectivity index (χ1n) is 5.15. The highest BCUT2D eigenvalue weighted by molar-refractivity contribution is 5.30. The third-order valence-corrected chi connectivity index (χ3v) is 3.32. The van der Waals surface area contributed by atoms with Crippen molar-refractivity contribution in [2.75, 3.05) is 19.8 Å². The molecule has 0 spiro atoms. The van der Waals surface area contributed by atoms with Crippen molar-refractivity contribution in [2.24, 2.45) is 5.92 Å². The molecule has 2 aliphatic heterocycles. The minimum absolute atomic E-state index is 0.0313. The van der Waals surface area contributed by atoms with Crippen molar-refractivity contribution in [1.29, 1.82) is 0 Å². The maximum Gasteiger partial charge on any atom is 0.164 e. The second-order valence-corrected chi connectivity index (χ2v) is 4.20. The normalized spacial score (nSPS) is 33.0. The smallest absolute Gasteiger partial charge is 0.164 e. The fourth-order valence-corrected chi connectivity index (χ4v) is 2.40. The number of ether oxygens (including phenoxy) is 1. The van der Waals surface area contributed by atoms with Crippen LogP contribution < -0.4 is 5.48 Å². The Morgan fingerprint density at radius 1 is 1.31 bits per heavy atom. The first-order valence-corrected chi connectivity index (χ1v) is 5.15. The molecule has 5 heteroatoms. The molecule has 2 atom stereocenters. The molecule has 3 rings (SSSR count). The lowest BCUT2D eigenvalue weighted by Gasteiger charge is -2.26. The Balaban J connectivity index is 2.11. The minimum atomic E-state index is -0.841. The van der Waals surface area contributed by atoms with Crippen LogP contribution in [0.25, 0.3) is 0 Å². The predicted molar refractivity (Wildman–Crippen MR) is 51.4 cm³/mol. The number of rotatable bonds is 1. The summed E-state index contributed by atoms with van der Waals surface area (Å²) in [4.78, 5) is 5.15. The van der Waals surface area contributed by atoms with Crippen molar-refractivity contribution in [2.45, 2.75) is 5.54 Å². The number of nitrogens with one attached hydrogen (secondary N) is 1. The molecule has 1 aromatic rings. The van der Waals surface area contributed by atoms with Gasteiger partial charge >= 0.3 is 0 Å². The standard InChI is InChI=1S/C11H11F2NO2/c12-9-3-1-2-8(10(9)13)11-6-15-4-7(11)5-16-14-11/h1-3,7,14H,4-6H2/t7-,11-/m0/s1.